The minimum Gasteiger partial charge on any atom is -0.493 e. The van der Waals surface area contributed by atoms with Gasteiger partial charge in [0.05, 0.1) is 24.8 Å². The highest BCUT2D eigenvalue weighted by Gasteiger charge is 2.42. The molecule has 0 saturated carbocycles. The highest BCUT2D eigenvalue weighted by atomic mass is 32.1. The number of anilines is 2. The molecule has 0 atom stereocenters. The summed E-state index contributed by atoms with van der Waals surface area (Å²) >= 11 is 1.39. The highest BCUT2D eigenvalue weighted by Crippen LogP contribution is 2.42. The molecule has 1 aliphatic rings. The molecule has 0 bridgehead atoms. The summed E-state index contributed by atoms with van der Waals surface area (Å²) in [4.78, 5) is 31.4. The summed E-state index contributed by atoms with van der Waals surface area (Å²) in [7, 11) is 3.40. The number of thiazole rings is 1. The van der Waals surface area contributed by atoms with Crippen LogP contribution in [0.1, 0.15) is 38.3 Å². The minimum absolute atomic E-state index is 0.0797. The van der Waals surface area contributed by atoms with Crippen molar-refractivity contribution >= 4 is 34.0 Å². The molecule has 0 radical (unpaired) electrons. The van der Waals surface area contributed by atoms with Crippen molar-refractivity contribution in [3.05, 3.63) is 52.9 Å². The van der Waals surface area contributed by atoms with Crippen LogP contribution >= 0.6 is 11.3 Å². The highest BCUT2D eigenvalue weighted by molar-refractivity contribution is 7.14. The molecule has 8 heteroatoms. The predicted molar refractivity (Wildman–Crippen MR) is 135 cm³/mol. The number of hydrogen-bond acceptors (Lipinski definition) is 6. The molecule has 178 valence electrons. The molecule has 34 heavy (non-hydrogen) atoms. The summed E-state index contributed by atoms with van der Waals surface area (Å²) < 4.78 is 10.9. The Morgan fingerprint density at radius 2 is 1.97 bits per heavy atom. The van der Waals surface area contributed by atoms with E-state index in [1.807, 2.05) is 62.5 Å². The van der Waals surface area contributed by atoms with E-state index in [0.717, 1.165) is 28.1 Å². The summed E-state index contributed by atoms with van der Waals surface area (Å²) in [5.74, 6) is 1.33. The third-order valence-electron chi connectivity index (χ3n) is 6.09. The van der Waals surface area contributed by atoms with Gasteiger partial charge in [0.2, 0.25) is 11.8 Å². The maximum atomic E-state index is 12.6. The Kier molecular flexibility index (Phi) is 6.61. The van der Waals surface area contributed by atoms with E-state index in [4.69, 9.17) is 9.47 Å². The summed E-state index contributed by atoms with van der Waals surface area (Å²) in [6, 6.07) is 11.7. The van der Waals surface area contributed by atoms with Crippen molar-refractivity contribution in [1.82, 2.24) is 4.98 Å². The smallest absolute Gasteiger partial charge is 0.236 e. The fourth-order valence-corrected chi connectivity index (χ4v) is 4.91. The van der Waals surface area contributed by atoms with Gasteiger partial charge in [0, 0.05) is 30.1 Å². The van der Waals surface area contributed by atoms with Gasteiger partial charge in [0.25, 0.3) is 0 Å². The van der Waals surface area contributed by atoms with Crippen LogP contribution in [0.5, 0.6) is 11.5 Å². The number of benzene rings is 2. The molecule has 7 nitrogen and oxygen atoms in total. The average molecular weight is 480 g/mol. The van der Waals surface area contributed by atoms with Gasteiger partial charge in [-0.25, -0.2) is 4.98 Å². The fraction of sp³-hybridized carbons (Fsp3) is 0.346. The molecule has 0 saturated heterocycles. The Balaban J connectivity index is 1.41. The molecule has 4 rings (SSSR count). The monoisotopic (exact) mass is 479 g/mol. The van der Waals surface area contributed by atoms with Crippen molar-refractivity contribution in [2.45, 2.75) is 39.0 Å². The van der Waals surface area contributed by atoms with Crippen LogP contribution in [0.2, 0.25) is 0 Å². The van der Waals surface area contributed by atoms with E-state index in [9.17, 15) is 9.59 Å². The lowest BCUT2D eigenvalue weighted by atomic mass is 9.85. The van der Waals surface area contributed by atoms with Crippen LogP contribution in [-0.4, -0.2) is 37.6 Å². The van der Waals surface area contributed by atoms with E-state index in [-0.39, 0.29) is 11.8 Å². The topological polar surface area (TPSA) is 80.8 Å². The van der Waals surface area contributed by atoms with Crippen LogP contribution in [-0.2, 0) is 21.4 Å². The Hall–Kier alpha value is -3.39. The van der Waals surface area contributed by atoms with Crippen molar-refractivity contribution in [2.24, 2.45) is 0 Å². The molecule has 0 fully saturated rings. The summed E-state index contributed by atoms with van der Waals surface area (Å²) in [6.45, 7) is 6.36. The molecular weight excluding hydrogens is 450 g/mol. The van der Waals surface area contributed by atoms with Crippen molar-refractivity contribution in [2.75, 3.05) is 31.0 Å². The van der Waals surface area contributed by atoms with E-state index in [0.29, 0.717) is 36.1 Å². The number of amides is 2. The fourth-order valence-electron chi connectivity index (χ4n) is 4.18. The number of carbonyl (C=O) groups is 2. The second kappa shape index (κ2) is 9.46. The molecule has 1 N–H and O–H groups in total. The molecule has 0 aliphatic carbocycles. The van der Waals surface area contributed by atoms with Crippen LogP contribution in [0, 0.1) is 0 Å². The SMILES string of the molecule is CCOc1ccc(CCC(=O)Nc2nc(-c3ccc4c(c3)C(C)(C)C(=O)N4C)cs2)cc1OC. The number of aromatic nitrogens is 1. The first-order valence-corrected chi connectivity index (χ1v) is 12.1. The average Bonchev–Trinajstić information content (AvgIpc) is 3.36. The van der Waals surface area contributed by atoms with Crippen LogP contribution < -0.4 is 19.7 Å². The van der Waals surface area contributed by atoms with E-state index in [1.54, 1.807) is 19.1 Å². The molecule has 1 aliphatic heterocycles. The number of aryl methyl sites for hydroxylation is 1. The Morgan fingerprint density at radius 1 is 1.18 bits per heavy atom. The number of fused-ring (bicyclic) bond motifs is 1. The summed E-state index contributed by atoms with van der Waals surface area (Å²) in [6.07, 6.45) is 0.905. The van der Waals surface area contributed by atoms with Crippen molar-refractivity contribution in [3.8, 4) is 22.8 Å². The predicted octanol–water partition coefficient (Wildman–Crippen LogP) is 5.04. The molecule has 1 aromatic heterocycles. The number of rotatable bonds is 8. The minimum atomic E-state index is -0.573. The molecule has 0 spiro atoms. The van der Waals surface area contributed by atoms with Gasteiger partial charge >= 0.3 is 0 Å². The van der Waals surface area contributed by atoms with Gasteiger partial charge in [-0.2, -0.15) is 0 Å². The summed E-state index contributed by atoms with van der Waals surface area (Å²) in [5.41, 5.74) is 4.03. The number of carbonyl (C=O) groups excluding carboxylic acids is 2. The van der Waals surface area contributed by atoms with Gasteiger partial charge in [-0.3, -0.25) is 9.59 Å². The maximum absolute atomic E-state index is 12.6. The second-order valence-electron chi connectivity index (χ2n) is 8.73. The second-order valence-corrected chi connectivity index (χ2v) is 9.58. The Labute approximate surface area is 203 Å². The summed E-state index contributed by atoms with van der Waals surface area (Å²) in [5, 5.41) is 5.37. The lowest BCUT2D eigenvalue weighted by molar-refractivity contribution is -0.121. The van der Waals surface area contributed by atoms with Gasteiger partial charge < -0.3 is 19.7 Å². The number of nitrogens with one attached hydrogen (secondary N) is 1. The number of methoxy groups -OCH3 is 1. The third kappa shape index (κ3) is 4.50. The first kappa shape index (κ1) is 23.8. The van der Waals surface area contributed by atoms with Crippen molar-refractivity contribution in [1.29, 1.82) is 0 Å². The Morgan fingerprint density at radius 3 is 2.71 bits per heavy atom. The number of likely N-dealkylation sites (N-methyl/N-ethyl adjacent to an activating group) is 1. The lowest BCUT2D eigenvalue weighted by Crippen LogP contribution is -2.33. The van der Waals surface area contributed by atoms with Crippen molar-refractivity contribution in [3.63, 3.8) is 0 Å². The van der Waals surface area contributed by atoms with Crippen LogP contribution in [0.4, 0.5) is 10.8 Å². The molecule has 2 heterocycles. The largest absolute Gasteiger partial charge is 0.493 e. The van der Waals surface area contributed by atoms with Gasteiger partial charge in [-0.15, -0.1) is 11.3 Å². The van der Waals surface area contributed by atoms with Gasteiger partial charge in [0.1, 0.15) is 0 Å². The number of hydrogen-bond donors (Lipinski definition) is 1. The normalized spacial score (nSPS) is 14.1. The maximum Gasteiger partial charge on any atom is 0.236 e. The standard InChI is InChI=1S/C26H29N3O4S/c1-6-33-21-11-7-16(13-22(21)32-5)8-12-23(30)28-25-27-19(15-34-25)17-9-10-20-18(14-17)26(2,3)24(31)29(20)4/h7,9-11,13-15H,6,8,12H2,1-5H3,(H,27,28,30). The molecule has 2 amide bonds. The van der Waals surface area contributed by atoms with Gasteiger partial charge in [-0.1, -0.05) is 12.1 Å². The van der Waals surface area contributed by atoms with Crippen molar-refractivity contribution < 1.29 is 19.1 Å². The van der Waals surface area contributed by atoms with Crippen LogP contribution in [0.15, 0.2) is 41.8 Å². The molecule has 0 unspecified atom stereocenters. The zero-order valence-corrected chi connectivity index (χ0v) is 20.9. The van der Waals surface area contributed by atoms with Gasteiger partial charge in [-0.05, 0) is 62.6 Å². The quantitative estimate of drug-likeness (QED) is 0.489. The molecule has 3 aromatic rings. The first-order valence-electron chi connectivity index (χ1n) is 11.2. The zero-order chi connectivity index (χ0) is 24.5. The van der Waals surface area contributed by atoms with Gasteiger partial charge in [0.15, 0.2) is 16.6 Å². The first-order chi connectivity index (χ1) is 16.2. The van der Waals surface area contributed by atoms with E-state index < -0.39 is 5.41 Å². The van der Waals surface area contributed by atoms with E-state index in [2.05, 4.69) is 10.3 Å². The number of ether oxygens (including phenoxy) is 2. The van der Waals surface area contributed by atoms with Crippen LogP contribution in [0.25, 0.3) is 11.3 Å². The van der Waals surface area contributed by atoms with E-state index in [1.165, 1.54) is 11.3 Å². The zero-order valence-electron chi connectivity index (χ0n) is 20.1. The lowest BCUT2D eigenvalue weighted by Gasteiger charge is -2.16. The van der Waals surface area contributed by atoms with E-state index >= 15 is 0 Å². The number of nitrogens with zero attached hydrogens (tertiary/aromatic N) is 2. The third-order valence-corrected chi connectivity index (χ3v) is 6.84. The molecule has 2 aromatic carbocycles. The molecular formula is C26H29N3O4S. The van der Waals surface area contributed by atoms with Crippen LogP contribution in [0.3, 0.4) is 0 Å². The Bertz CT molecular complexity index is 1230.